The number of hydrogen-bond donors (Lipinski definition) is 0. The van der Waals surface area contributed by atoms with Crippen molar-refractivity contribution in [3.8, 4) is 0 Å². The van der Waals surface area contributed by atoms with E-state index >= 15 is 0 Å². The van der Waals surface area contributed by atoms with E-state index < -0.39 is 0 Å². The molecule has 0 aromatic heterocycles. The maximum absolute atomic E-state index is 5.38. The van der Waals surface area contributed by atoms with E-state index in [0.717, 1.165) is 12.8 Å². The topological polar surface area (TPSA) is 18.5 Å². The van der Waals surface area contributed by atoms with Gasteiger partial charge in [-0.15, -0.1) is 5.92 Å². The van der Waals surface area contributed by atoms with Crippen LogP contribution in [0.15, 0.2) is 6.08 Å². The van der Waals surface area contributed by atoms with Crippen LogP contribution in [-0.2, 0) is 9.47 Å². The van der Waals surface area contributed by atoms with Crippen molar-refractivity contribution in [1.82, 2.24) is 0 Å². The third kappa shape index (κ3) is 1.28. The van der Waals surface area contributed by atoms with Gasteiger partial charge in [0, 0.05) is 20.6 Å². The van der Waals surface area contributed by atoms with Crippen molar-refractivity contribution in [2.75, 3.05) is 14.2 Å². The second-order valence-corrected chi connectivity index (χ2v) is 3.31. The summed E-state index contributed by atoms with van der Waals surface area (Å²) in [6.07, 6.45) is 7.58. The molecule has 3 heteroatoms. The summed E-state index contributed by atoms with van der Waals surface area (Å²) in [5.41, 5.74) is 0. The molecule has 2 nitrogen and oxygen atoms in total. The first-order valence-corrected chi connectivity index (χ1v) is 4.00. The van der Waals surface area contributed by atoms with Crippen LogP contribution < -0.4 is 18.9 Å². The van der Waals surface area contributed by atoms with Crippen molar-refractivity contribution in [3.63, 3.8) is 0 Å². The van der Waals surface area contributed by atoms with Crippen LogP contribution in [0.25, 0.3) is 0 Å². The third-order valence-electron chi connectivity index (χ3n) is 2.84. The molecule has 0 saturated heterocycles. The molecule has 1 saturated carbocycles. The minimum atomic E-state index is -0.348. The maximum atomic E-state index is 5.38. The number of ether oxygens (including phenoxy) is 2. The van der Waals surface area contributed by atoms with Gasteiger partial charge in [-0.05, 0) is 0 Å². The van der Waals surface area contributed by atoms with Crippen molar-refractivity contribution >= 4 is 0 Å². The molecular weight excluding hydrogens is 147 g/mol. The average molecular weight is 160 g/mol. The molecule has 2 atom stereocenters. The number of rotatable bonds is 2. The molecule has 1 fully saturated rings. The summed E-state index contributed by atoms with van der Waals surface area (Å²) < 4.78 is 10.8. The zero-order chi connectivity index (χ0) is 7.90. The maximum Gasteiger partial charge on any atom is 1.00 e. The van der Waals surface area contributed by atoms with E-state index in [-0.39, 0.29) is 24.6 Å². The summed E-state index contributed by atoms with van der Waals surface area (Å²) in [5, 5.41) is 0. The fourth-order valence-electron chi connectivity index (χ4n) is 2.18. The van der Waals surface area contributed by atoms with Crippen molar-refractivity contribution in [1.29, 1.82) is 0 Å². The van der Waals surface area contributed by atoms with Crippen LogP contribution in [0.2, 0.25) is 0 Å². The van der Waals surface area contributed by atoms with Crippen molar-refractivity contribution in [3.05, 3.63) is 12.2 Å². The van der Waals surface area contributed by atoms with Gasteiger partial charge < -0.3 is 15.5 Å². The SMILES string of the molecule is COC1(OC)CC2C=[C-]C1C2.[Li+]. The molecule has 2 aliphatic carbocycles. The normalized spacial score (nSPS) is 35.2. The Morgan fingerprint density at radius 2 is 2.08 bits per heavy atom. The minimum Gasteiger partial charge on any atom is -0.492 e. The third-order valence-corrected chi connectivity index (χ3v) is 2.84. The molecule has 2 aliphatic rings. The van der Waals surface area contributed by atoms with Gasteiger partial charge in [0.2, 0.25) is 0 Å². The summed E-state index contributed by atoms with van der Waals surface area (Å²) in [6.45, 7) is 0. The standard InChI is InChI=1S/C9H13O2.Li/c1-10-9(11-2)6-7-3-4-8(9)5-7;/h3,7-8H,5-6H2,1-2H3;/q-1;+1. The summed E-state index contributed by atoms with van der Waals surface area (Å²) >= 11 is 0. The van der Waals surface area contributed by atoms with Gasteiger partial charge in [-0.25, -0.2) is 0 Å². The van der Waals surface area contributed by atoms with E-state index in [9.17, 15) is 0 Å². The smallest absolute Gasteiger partial charge is 0.492 e. The first kappa shape index (κ1) is 10.3. The fraction of sp³-hybridized carbons (Fsp3) is 0.778. The number of fused-ring (bicyclic) bond motifs is 2. The van der Waals surface area contributed by atoms with E-state index in [4.69, 9.17) is 9.47 Å². The molecule has 0 aromatic rings. The van der Waals surface area contributed by atoms with Crippen LogP contribution in [0.1, 0.15) is 12.8 Å². The van der Waals surface area contributed by atoms with Crippen LogP contribution in [0.4, 0.5) is 0 Å². The Kier molecular flexibility index (Phi) is 3.06. The Morgan fingerprint density at radius 3 is 2.33 bits per heavy atom. The summed E-state index contributed by atoms with van der Waals surface area (Å²) in [7, 11) is 3.43. The van der Waals surface area contributed by atoms with E-state index in [1.165, 1.54) is 0 Å². The van der Waals surface area contributed by atoms with Crippen LogP contribution >= 0.6 is 0 Å². The van der Waals surface area contributed by atoms with Gasteiger partial charge in [0.05, 0.1) is 0 Å². The molecule has 0 spiro atoms. The molecule has 2 rings (SSSR count). The Labute approximate surface area is 85.5 Å². The zero-order valence-electron chi connectivity index (χ0n) is 7.96. The van der Waals surface area contributed by atoms with E-state index in [1.54, 1.807) is 14.2 Å². The van der Waals surface area contributed by atoms with Gasteiger partial charge in [-0.1, -0.05) is 12.3 Å². The molecule has 12 heavy (non-hydrogen) atoms. The van der Waals surface area contributed by atoms with Gasteiger partial charge in [0.1, 0.15) is 5.79 Å². The van der Waals surface area contributed by atoms with Gasteiger partial charge in [0.15, 0.2) is 0 Å². The quantitative estimate of drug-likeness (QED) is 0.274. The van der Waals surface area contributed by atoms with Gasteiger partial charge in [-0.2, -0.15) is 0 Å². The van der Waals surface area contributed by atoms with Crippen molar-refractivity contribution < 1.29 is 28.3 Å². The first-order valence-electron chi connectivity index (χ1n) is 4.00. The molecule has 0 aromatic carbocycles. The Morgan fingerprint density at radius 1 is 1.42 bits per heavy atom. The van der Waals surface area contributed by atoms with E-state index in [1.807, 2.05) is 0 Å². The van der Waals surface area contributed by atoms with Gasteiger partial charge in [-0.3, -0.25) is 6.08 Å². The molecule has 62 valence electrons. The number of methoxy groups -OCH3 is 2. The van der Waals surface area contributed by atoms with Crippen LogP contribution in [0.3, 0.4) is 0 Å². The zero-order valence-corrected chi connectivity index (χ0v) is 7.96. The van der Waals surface area contributed by atoms with E-state index in [0.29, 0.717) is 11.8 Å². The number of hydrogen-bond acceptors (Lipinski definition) is 2. The van der Waals surface area contributed by atoms with Crippen LogP contribution in [0.5, 0.6) is 0 Å². The monoisotopic (exact) mass is 160 g/mol. The molecule has 0 aliphatic heterocycles. The second kappa shape index (κ2) is 3.55. The van der Waals surface area contributed by atoms with Crippen molar-refractivity contribution in [2.24, 2.45) is 11.8 Å². The summed E-state index contributed by atoms with van der Waals surface area (Å²) in [6, 6.07) is 0. The van der Waals surface area contributed by atoms with Crippen LogP contribution in [0, 0.1) is 17.9 Å². The molecule has 0 radical (unpaired) electrons. The minimum absolute atomic E-state index is 0. The molecule has 0 amide bonds. The predicted molar refractivity (Wildman–Crippen MR) is 40.8 cm³/mol. The predicted octanol–water partition coefficient (Wildman–Crippen LogP) is -1.62. The summed E-state index contributed by atoms with van der Waals surface area (Å²) in [5.74, 6) is 0.654. The first-order chi connectivity index (χ1) is 5.30. The second-order valence-electron chi connectivity index (χ2n) is 3.31. The van der Waals surface area contributed by atoms with Crippen molar-refractivity contribution in [2.45, 2.75) is 18.6 Å². The molecular formula is C9H13LiO2. The largest absolute Gasteiger partial charge is 1.00 e. The summed E-state index contributed by atoms with van der Waals surface area (Å²) in [4.78, 5) is 0. The Hall–Kier alpha value is 0.257. The van der Waals surface area contributed by atoms with Crippen LogP contribution in [-0.4, -0.2) is 20.0 Å². The molecule has 2 bridgehead atoms. The van der Waals surface area contributed by atoms with Gasteiger partial charge >= 0.3 is 18.9 Å². The molecule has 2 unspecified atom stereocenters. The van der Waals surface area contributed by atoms with E-state index in [2.05, 4.69) is 12.2 Å². The molecule has 0 N–H and O–H groups in total. The number of allylic oxidation sites excluding steroid dienone is 1. The fourth-order valence-corrected chi connectivity index (χ4v) is 2.18. The Bertz CT molecular complexity index is 187. The van der Waals surface area contributed by atoms with Gasteiger partial charge in [0.25, 0.3) is 0 Å². The molecule has 0 heterocycles. The Balaban J connectivity index is 0.000000720. The average Bonchev–Trinajstić information content (AvgIpc) is 2.62.